The smallest absolute Gasteiger partial charge is 0.491 e. The van der Waals surface area contributed by atoms with Crippen LogP contribution >= 0.6 is 0 Å². The molecule has 1 aromatic heterocycles. The highest BCUT2D eigenvalue weighted by molar-refractivity contribution is 6.07. The van der Waals surface area contributed by atoms with E-state index in [1.54, 1.807) is 6.07 Å². The highest BCUT2D eigenvalue weighted by atomic mass is 19.4. The van der Waals surface area contributed by atoms with Gasteiger partial charge in [-0.05, 0) is 50.3 Å². The molecule has 0 bridgehead atoms. The van der Waals surface area contributed by atoms with Crippen molar-refractivity contribution in [2.24, 2.45) is 0 Å². The number of halogens is 3. The molecular formula is C26H30F3N5O6. The number of alkyl halides is 3. The average molecular weight is 566 g/mol. The van der Waals surface area contributed by atoms with E-state index in [1.165, 1.54) is 37.4 Å². The van der Waals surface area contributed by atoms with E-state index in [-0.39, 0.29) is 34.7 Å². The van der Waals surface area contributed by atoms with E-state index in [4.69, 9.17) is 13.9 Å². The van der Waals surface area contributed by atoms with Crippen molar-refractivity contribution in [2.75, 3.05) is 51.0 Å². The van der Waals surface area contributed by atoms with Gasteiger partial charge in [-0.25, -0.2) is 4.79 Å². The number of esters is 1. The molecule has 14 heteroatoms. The van der Waals surface area contributed by atoms with Crippen LogP contribution in [-0.4, -0.2) is 73.5 Å². The van der Waals surface area contributed by atoms with Crippen LogP contribution in [0.15, 0.2) is 40.8 Å². The summed E-state index contributed by atoms with van der Waals surface area (Å²) < 4.78 is 58.9. The van der Waals surface area contributed by atoms with Gasteiger partial charge in [-0.2, -0.15) is 13.2 Å². The molecule has 3 rings (SSSR count). The Labute approximate surface area is 228 Å². The fourth-order valence-electron chi connectivity index (χ4n) is 3.70. The van der Waals surface area contributed by atoms with Crippen LogP contribution in [0.4, 0.5) is 24.9 Å². The van der Waals surface area contributed by atoms with Gasteiger partial charge in [0.15, 0.2) is 11.5 Å². The first kappa shape index (κ1) is 30.2. The van der Waals surface area contributed by atoms with Gasteiger partial charge in [-0.3, -0.25) is 4.79 Å². The zero-order chi connectivity index (χ0) is 29.3. The molecule has 1 heterocycles. The summed E-state index contributed by atoms with van der Waals surface area (Å²) in [5.41, 5.74) is 0.328. The molecule has 3 aromatic rings. The number of aromatic nitrogens is 2. The number of amides is 1. The fraction of sp³-hybridized carbons (Fsp3) is 0.385. The second-order valence-electron chi connectivity index (χ2n) is 8.31. The summed E-state index contributed by atoms with van der Waals surface area (Å²) in [6.07, 6.45) is -4.38. The summed E-state index contributed by atoms with van der Waals surface area (Å²) in [4.78, 5) is 26.7. The number of nitrogens with one attached hydrogen (secondary N) is 2. The first-order valence-electron chi connectivity index (χ1n) is 12.4. The molecule has 0 aliphatic heterocycles. The van der Waals surface area contributed by atoms with E-state index in [1.807, 2.05) is 0 Å². The minimum Gasteiger partial charge on any atom is -0.496 e. The molecule has 0 radical (unpaired) electrons. The van der Waals surface area contributed by atoms with Crippen molar-refractivity contribution >= 4 is 23.6 Å². The lowest BCUT2D eigenvalue weighted by molar-refractivity contribution is -0.189. The molecule has 0 fully saturated rings. The summed E-state index contributed by atoms with van der Waals surface area (Å²) in [6, 6.07) is 8.61. The third-order valence-electron chi connectivity index (χ3n) is 5.81. The Hall–Kier alpha value is -4.33. The van der Waals surface area contributed by atoms with Crippen molar-refractivity contribution in [3.05, 3.63) is 42.0 Å². The quantitative estimate of drug-likeness (QED) is 0.172. The highest BCUT2D eigenvalue weighted by Gasteiger charge is 2.42. The van der Waals surface area contributed by atoms with E-state index < -0.39 is 23.8 Å². The zero-order valence-corrected chi connectivity index (χ0v) is 22.4. The van der Waals surface area contributed by atoms with Crippen LogP contribution in [0, 0.1) is 0 Å². The fourth-order valence-corrected chi connectivity index (χ4v) is 3.70. The lowest BCUT2D eigenvalue weighted by Crippen LogP contribution is -2.29. The number of benzene rings is 2. The molecule has 0 spiro atoms. The third-order valence-corrected chi connectivity index (χ3v) is 5.81. The van der Waals surface area contributed by atoms with Crippen LogP contribution in [0.3, 0.4) is 0 Å². The maximum absolute atomic E-state index is 13.0. The summed E-state index contributed by atoms with van der Waals surface area (Å²) in [7, 11) is 2.57. The molecule has 0 saturated carbocycles. The van der Waals surface area contributed by atoms with Crippen LogP contribution in [0.25, 0.3) is 11.5 Å². The zero-order valence-electron chi connectivity index (χ0n) is 22.4. The normalized spacial score (nSPS) is 11.3. The van der Waals surface area contributed by atoms with Crippen molar-refractivity contribution in [1.82, 2.24) is 15.1 Å². The van der Waals surface area contributed by atoms with Gasteiger partial charge in [0.25, 0.3) is 11.8 Å². The van der Waals surface area contributed by atoms with Gasteiger partial charge in [0, 0.05) is 18.3 Å². The van der Waals surface area contributed by atoms with E-state index in [9.17, 15) is 22.8 Å². The average Bonchev–Trinajstić information content (AvgIpc) is 3.41. The topological polar surface area (TPSA) is 128 Å². The first-order chi connectivity index (χ1) is 19.1. The van der Waals surface area contributed by atoms with Gasteiger partial charge in [-0.15, -0.1) is 5.10 Å². The SMILES string of the molecule is CCN(CC)CCCNc1nnc(-c2ccc(NC(=O)c3cccc(OC)c3OC(=O)C(F)(F)F)cc2OC)o1. The lowest BCUT2D eigenvalue weighted by Gasteiger charge is -2.17. The molecule has 216 valence electrons. The molecule has 0 aliphatic carbocycles. The van der Waals surface area contributed by atoms with Crippen LogP contribution < -0.4 is 24.8 Å². The van der Waals surface area contributed by atoms with Gasteiger partial charge in [0.2, 0.25) is 0 Å². The summed E-state index contributed by atoms with van der Waals surface area (Å²) in [5.74, 6) is -3.79. The molecule has 1 amide bonds. The third kappa shape index (κ3) is 7.62. The molecule has 0 saturated heterocycles. The predicted octanol–water partition coefficient (Wildman–Crippen LogP) is 4.62. The molecule has 2 N–H and O–H groups in total. The maximum Gasteiger partial charge on any atom is 0.491 e. The van der Waals surface area contributed by atoms with Crippen LogP contribution in [-0.2, 0) is 4.79 Å². The Bertz CT molecular complexity index is 1310. The Balaban J connectivity index is 1.74. The number of methoxy groups -OCH3 is 2. The maximum atomic E-state index is 13.0. The largest absolute Gasteiger partial charge is 0.496 e. The number of nitrogens with zero attached hydrogens (tertiary/aromatic N) is 3. The number of rotatable bonds is 13. The number of ether oxygens (including phenoxy) is 3. The number of carbonyl (C=O) groups excluding carboxylic acids is 2. The van der Waals surface area contributed by atoms with Gasteiger partial charge in [0.05, 0.1) is 25.3 Å². The molecule has 0 unspecified atom stereocenters. The van der Waals surface area contributed by atoms with Crippen molar-refractivity contribution < 1.29 is 41.4 Å². The summed E-state index contributed by atoms with van der Waals surface area (Å²) in [6.45, 7) is 7.75. The molecule has 0 aliphatic rings. The molecule has 11 nitrogen and oxygen atoms in total. The Morgan fingerprint density at radius 2 is 1.75 bits per heavy atom. The second-order valence-corrected chi connectivity index (χ2v) is 8.31. The van der Waals surface area contributed by atoms with E-state index in [0.717, 1.165) is 33.2 Å². The van der Waals surface area contributed by atoms with Crippen molar-refractivity contribution in [3.63, 3.8) is 0 Å². The first-order valence-corrected chi connectivity index (χ1v) is 12.4. The second kappa shape index (κ2) is 13.6. The van der Waals surface area contributed by atoms with Crippen LogP contribution in [0.5, 0.6) is 17.2 Å². The lowest BCUT2D eigenvalue weighted by atomic mass is 10.1. The predicted molar refractivity (Wildman–Crippen MR) is 140 cm³/mol. The minimum atomic E-state index is -5.27. The number of carbonyl (C=O) groups is 2. The number of para-hydroxylation sites is 1. The van der Waals surface area contributed by atoms with Crippen molar-refractivity contribution in [1.29, 1.82) is 0 Å². The van der Waals surface area contributed by atoms with Crippen LogP contribution in [0.2, 0.25) is 0 Å². The number of hydrogen-bond donors (Lipinski definition) is 2. The van der Waals surface area contributed by atoms with E-state index in [0.29, 0.717) is 12.1 Å². The number of hydrogen-bond acceptors (Lipinski definition) is 10. The van der Waals surface area contributed by atoms with Gasteiger partial charge < -0.3 is 34.2 Å². The Kier molecular flexibility index (Phi) is 10.3. The molecule has 2 aromatic carbocycles. The minimum absolute atomic E-state index is 0.176. The molecule has 0 atom stereocenters. The van der Waals surface area contributed by atoms with Crippen LogP contribution in [0.1, 0.15) is 30.6 Å². The van der Waals surface area contributed by atoms with Gasteiger partial charge >= 0.3 is 18.2 Å². The van der Waals surface area contributed by atoms with E-state index >= 15 is 0 Å². The summed E-state index contributed by atoms with van der Waals surface area (Å²) >= 11 is 0. The highest BCUT2D eigenvalue weighted by Crippen LogP contribution is 2.35. The van der Waals surface area contributed by atoms with Gasteiger partial charge in [-0.1, -0.05) is 25.0 Å². The summed E-state index contributed by atoms with van der Waals surface area (Å²) in [5, 5.41) is 13.7. The Morgan fingerprint density at radius 3 is 2.40 bits per heavy atom. The molecule has 40 heavy (non-hydrogen) atoms. The van der Waals surface area contributed by atoms with Gasteiger partial charge in [0.1, 0.15) is 5.75 Å². The number of anilines is 2. The van der Waals surface area contributed by atoms with Crippen molar-refractivity contribution in [2.45, 2.75) is 26.4 Å². The standard InChI is InChI=1S/C26H30F3N5O6/c1-5-34(6-2)14-8-13-30-25-33-32-23(40-25)17-12-11-16(15-20(17)38-4)31-22(35)18-9-7-10-19(37-3)21(18)39-24(36)26(27,28)29/h7,9-12,15H,5-6,8,13-14H2,1-4H3,(H,30,33)(H,31,35). The molecular weight excluding hydrogens is 535 g/mol. The van der Waals surface area contributed by atoms with Crippen molar-refractivity contribution in [3.8, 4) is 28.7 Å². The Morgan fingerprint density at radius 1 is 1.02 bits per heavy atom. The monoisotopic (exact) mass is 565 g/mol. The van der Waals surface area contributed by atoms with E-state index in [2.05, 4.69) is 44.3 Å².